The molecule has 4 nitrogen and oxygen atoms in total. The van der Waals surface area contributed by atoms with Crippen molar-refractivity contribution in [2.75, 3.05) is 6.54 Å². The third-order valence-electron chi connectivity index (χ3n) is 3.11. The van der Waals surface area contributed by atoms with Crippen molar-refractivity contribution in [2.24, 2.45) is 0 Å². The molecular weight excluding hydrogens is 216 g/mol. The number of hydrogen-bond donors (Lipinski definition) is 3. The van der Waals surface area contributed by atoms with Crippen LogP contribution in [-0.4, -0.2) is 23.6 Å². The molecule has 1 aromatic carbocycles. The van der Waals surface area contributed by atoms with Gasteiger partial charge in [0.15, 0.2) is 0 Å². The molecule has 0 bridgehead atoms. The van der Waals surface area contributed by atoms with Gasteiger partial charge in [-0.1, -0.05) is 12.1 Å². The van der Waals surface area contributed by atoms with Gasteiger partial charge in [0.2, 0.25) is 5.91 Å². The van der Waals surface area contributed by atoms with E-state index in [0.29, 0.717) is 0 Å². The van der Waals surface area contributed by atoms with Crippen LogP contribution >= 0.6 is 0 Å². The monoisotopic (exact) mass is 234 g/mol. The molecule has 1 unspecified atom stereocenters. The second-order valence-electron chi connectivity index (χ2n) is 4.47. The van der Waals surface area contributed by atoms with E-state index in [4.69, 9.17) is 0 Å². The van der Waals surface area contributed by atoms with Crippen LogP contribution in [0.4, 0.5) is 0 Å². The van der Waals surface area contributed by atoms with Gasteiger partial charge < -0.3 is 15.7 Å². The molecule has 1 fully saturated rings. The minimum absolute atomic E-state index is 0.0401. The Kier molecular flexibility index (Phi) is 3.64. The molecule has 92 valence electrons. The maximum Gasteiger partial charge on any atom is 0.237 e. The molecule has 0 saturated carbocycles. The highest BCUT2D eigenvalue weighted by Crippen LogP contribution is 2.18. The predicted molar refractivity (Wildman–Crippen MR) is 65.7 cm³/mol. The van der Waals surface area contributed by atoms with Crippen LogP contribution in [0.1, 0.15) is 31.4 Å². The molecule has 1 heterocycles. The molecule has 0 radical (unpaired) electrons. The van der Waals surface area contributed by atoms with Gasteiger partial charge in [0.1, 0.15) is 5.75 Å². The van der Waals surface area contributed by atoms with Crippen LogP contribution < -0.4 is 10.6 Å². The maximum absolute atomic E-state index is 11.9. The van der Waals surface area contributed by atoms with E-state index in [1.165, 1.54) is 0 Å². The van der Waals surface area contributed by atoms with Crippen molar-refractivity contribution in [3.63, 3.8) is 0 Å². The van der Waals surface area contributed by atoms with Crippen molar-refractivity contribution in [1.82, 2.24) is 10.6 Å². The number of phenolic OH excluding ortho intramolecular Hbond substituents is 1. The largest absolute Gasteiger partial charge is 0.508 e. The van der Waals surface area contributed by atoms with Crippen LogP contribution in [0.25, 0.3) is 0 Å². The summed E-state index contributed by atoms with van der Waals surface area (Å²) in [5.74, 6) is 0.265. The van der Waals surface area contributed by atoms with Crippen LogP contribution in [0.2, 0.25) is 0 Å². The minimum atomic E-state index is -0.0861. The zero-order valence-electron chi connectivity index (χ0n) is 9.94. The molecule has 1 amide bonds. The van der Waals surface area contributed by atoms with E-state index in [0.717, 1.165) is 24.9 Å². The van der Waals surface area contributed by atoms with E-state index in [1.54, 1.807) is 18.2 Å². The number of phenols is 1. The van der Waals surface area contributed by atoms with E-state index < -0.39 is 0 Å². The lowest BCUT2D eigenvalue weighted by Crippen LogP contribution is -2.41. The van der Waals surface area contributed by atoms with Crippen molar-refractivity contribution in [3.05, 3.63) is 29.8 Å². The van der Waals surface area contributed by atoms with Gasteiger partial charge in [0.25, 0.3) is 0 Å². The Hall–Kier alpha value is -1.55. The average molecular weight is 234 g/mol. The highest BCUT2D eigenvalue weighted by molar-refractivity contribution is 5.82. The minimum Gasteiger partial charge on any atom is -0.508 e. The SMILES string of the molecule is CC(NC(=O)[C@@H]1CCCN1)c1cccc(O)c1. The third-order valence-corrected chi connectivity index (χ3v) is 3.11. The molecule has 0 spiro atoms. The van der Waals surface area contributed by atoms with E-state index in [-0.39, 0.29) is 23.7 Å². The lowest BCUT2D eigenvalue weighted by atomic mass is 10.1. The molecule has 1 aliphatic heterocycles. The van der Waals surface area contributed by atoms with Gasteiger partial charge in [-0.05, 0) is 44.0 Å². The highest BCUT2D eigenvalue weighted by atomic mass is 16.3. The Labute approximate surface area is 101 Å². The molecule has 0 aromatic heterocycles. The first kappa shape index (κ1) is 11.9. The Morgan fingerprint density at radius 2 is 2.41 bits per heavy atom. The summed E-state index contributed by atoms with van der Waals surface area (Å²) in [6, 6.07) is 6.82. The molecule has 3 N–H and O–H groups in total. The first-order valence-corrected chi connectivity index (χ1v) is 5.99. The number of aromatic hydroxyl groups is 1. The predicted octanol–water partition coefficient (Wildman–Crippen LogP) is 1.32. The molecule has 1 saturated heterocycles. The van der Waals surface area contributed by atoms with Crippen molar-refractivity contribution in [3.8, 4) is 5.75 Å². The summed E-state index contributed by atoms with van der Waals surface area (Å²) in [6.07, 6.45) is 1.96. The van der Waals surface area contributed by atoms with Gasteiger partial charge in [-0.2, -0.15) is 0 Å². The summed E-state index contributed by atoms with van der Waals surface area (Å²) < 4.78 is 0. The van der Waals surface area contributed by atoms with Gasteiger partial charge >= 0.3 is 0 Å². The van der Waals surface area contributed by atoms with Crippen LogP contribution in [0.3, 0.4) is 0 Å². The molecule has 0 aliphatic carbocycles. The molecular formula is C13H18N2O2. The number of benzene rings is 1. The highest BCUT2D eigenvalue weighted by Gasteiger charge is 2.23. The lowest BCUT2D eigenvalue weighted by Gasteiger charge is -2.17. The second-order valence-corrected chi connectivity index (χ2v) is 4.47. The number of nitrogens with one attached hydrogen (secondary N) is 2. The smallest absolute Gasteiger partial charge is 0.237 e. The van der Waals surface area contributed by atoms with Gasteiger partial charge in [-0.3, -0.25) is 4.79 Å². The lowest BCUT2D eigenvalue weighted by molar-refractivity contribution is -0.123. The van der Waals surface area contributed by atoms with Crippen molar-refractivity contribution < 1.29 is 9.90 Å². The summed E-state index contributed by atoms with van der Waals surface area (Å²) in [6.45, 7) is 2.83. The van der Waals surface area contributed by atoms with Crippen LogP contribution in [0, 0.1) is 0 Å². The van der Waals surface area contributed by atoms with Crippen molar-refractivity contribution in [1.29, 1.82) is 0 Å². The molecule has 2 atom stereocenters. The first-order valence-electron chi connectivity index (χ1n) is 5.99. The summed E-state index contributed by atoms with van der Waals surface area (Å²) in [5, 5.41) is 15.5. The Morgan fingerprint density at radius 1 is 1.59 bits per heavy atom. The fraction of sp³-hybridized carbons (Fsp3) is 0.462. The Morgan fingerprint density at radius 3 is 3.06 bits per heavy atom. The summed E-state index contributed by atoms with van der Waals surface area (Å²) in [4.78, 5) is 11.9. The normalized spacial score (nSPS) is 21.1. The van der Waals surface area contributed by atoms with Gasteiger partial charge in [-0.25, -0.2) is 0 Å². The molecule has 1 aromatic rings. The summed E-state index contributed by atoms with van der Waals surface area (Å²) in [7, 11) is 0. The van der Waals surface area contributed by atoms with E-state index in [2.05, 4.69) is 10.6 Å². The number of hydrogen-bond acceptors (Lipinski definition) is 3. The average Bonchev–Trinajstić information content (AvgIpc) is 2.82. The van der Waals surface area contributed by atoms with Gasteiger partial charge in [-0.15, -0.1) is 0 Å². The third kappa shape index (κ3) is 2.97. The zero-order chi connectivity index (χ0) is 12.3. The molecule has 1 aliphatic rings. The Bertz CT molecular complexity index is 400. The van der Waals surface area contributed by atoms with Crippen LogP contribution in [0.15, 0.2) is 24.3 Å². The van der Waals surface area contributed by atoms with Gasteiger partial charge in [0, 0.05) is 0 Å². The summed E-state index contributed by atoms with van der Waals surface area (Å²) in [5.41, 5.74) is 0.913. The number of carbonyl (C=O) groups is 1. The van der Waals surface area contributed by atoms with E-state index in [9.17, 15) is 9.90 Å². The van der Waals surface area contributed by atoms with Gasteiger partial charge in [0.05, 0.1) is 12.1 Å². The molecule has 2 rings (SSSR count). The van der Waals surface area contributed by atoms with Crippen molar-refractivity contribution in [2.45, 2.75) is 31.8 Å². The standard InChI is InChI=1S/C13H18N2O2/c1-9(10-4-2-5-11(16)8-10)15-13(17)12-6-3-7-14-12/h2,4-5,8-9,12,14,16H,3,6-7H2,1H3,(H,15,17)/t9?,12-/m0/s1. The second kappa shape index (κ2) is 5.19. The summed E-state index contributed by atoms with van der Waals surface area (Å²) >= 11 is 0. The van der Waals surface area contributed by atoms with E-state index >= 15 is 0 Å². The van der Waals surface area contributed by atoms with Crippen molar-refractivity contribution >= 4 is 5.91 Å². The number of amides is 1. The fourth-order valence-corrected chi connectivity index (χ4v) is 2.10. The maximum atomic E-state index is 11.9. The Balaban J connectivity index is 1.96. The number of carbonyl (C=O) groups excluding carboxylic acids is 1. The molecule has 17 heavy (non-hydrogen) atoms. The number of rotatable bonds is 3. The fourth-order valence-electron chi connectivity index (χ4n) is 2.10. The van der Waals surface area contributed by atoms with Crippen LogP contribution in [0.5, 0.6) is 5.75 Å². The quantitative estimate of drug-likeness (QED) is 0.739. The first-order chi connectivity index (χ1) is 8.16. The topological polar surface area (TPSA) is 61.4 Å². The van der Waals surface area contributed by atoms with E-state index in [1.807, 2.05) is 13.0 Å². The van der Waals surface area contributed by atoms with Crippen LogP contribution in [-0.2, 0) is 4.79 Å². The molecule has 4 heteroatoms. The zero-order valence-corrected chi connectivity index (χ0v) is 9.94.